The Morgan fingerprint density at radius 1 is 1.31 bits per heavy atom. The minimum Gasteiger partial charge on any atom is -0.350 e. The number of aromatic nitrogens is 2. The summed E-state index contributed by atoms with van der Waals surface area (Å²) in [4.78, 5) is 3.49. The van der Waals surface area contributed by atoms with E-state index in [1.165, 1.54) is 12.3 Å². The minimum absolute atomic E-state index is 0.426. The molecule has 0 N–H and O–H groups in total. The molecule has 0 saturated carbocycles. The van der Waals surface area contributed by atoms with Crippen LogP contribution in [0.5, 0.6) is 0 Å². The molecule has 0 unspecified atom stereocenters. The van der Waals surface area contributed by atoms with Crippen molar-refractivity contribution in [3.63, 3.8) is 0 Å². The van der Waals surface area contributed by atoms with Gasteiger partial charge in [-0.1, -0.05) is 0 Å². The smallest absolute Gasteiger partial charge is 0.213 e. The van der Waals surface area contributed by atoms with Crippen LogP contribution in [0.15, 0.2) is 42.9 Å². The summed E-state index contributed by atoms with van der Waals surface area (Å²) in [5, 5.41) is 0. The van der Waals surface area contributed by atoms with E-state index in [1.54, 1.807) is 0 Å². The Hall–Kier alpha value is -1.64. The van der Waals surface area contributed by atoms with Crippen molar-refractivity contribution in [2.45, 2.75) is 6.54 Å². The van der Waals surface area contributed by atoms with E-state index in [1.807, 2.05) is 35.2 Å². The zero-order chi connectivity index (χ0) is 9.10. The number of hydrogen-bond acceptors (Lipinski definition) is 1. The molecule has 0 spiro atoms. The van der Waals surface area contributed by atoms with Crippen molar-refractivity contribution < 1.29 is 4.39 Å². The highest BCUT2D eigenvalue weighted by Crippen LogP contribution is 2.03. The lowest BCUT2D eigenvalue weighted by Gasteiger charge is -2.01. The van der Waals surface area contributed by atoms with Crippen LogP contribution >= 0.6 is 0 Å². The maximum atomic E-state index is 12.7. The van der Waals surface area contributed by atoms with E-state index in [4.69, 9.17) is 0 Å². The van der Waals surface area contributed by atoms with Crippen LogP contribution in [0.1, 0.15) is 5.56 Å². The Morgan fingerprint density at radius 3 is 2.77 bits per heavy atom. The monoisotopic (exact) mass is 176 g/mol. The molecule has 0 aliphatic carbocycles. The summed E-state index contributed by atoms with van der Waals surface area (Å²) in [7, 11) is 0. The highest BCUT2D eigenvalue weighted by atomic mass is 19.1. The van der Waals surface area contributed by atoms with Crippen LogP contribution in [-0.4, -0.2) is 9.55 Å². The van der Waals surface area contributed by atoms with Crippen molar-refractivity contribution in [2.24, 2.45) is 0 Å². The molecule has 13 heavy (non-hydrogen) atoms. The molecular weight excluding hydrogens is 167 g/mol. The van der Waals surface area contributed by atoms with Crippen LogP contribution < -0.4 is 0 Å². The molecule has 0 aromatic carbocycles. The number of nitrogens with zero attached hydrogens (tertiary/aromatic N) is 2. The van der Waals surface area contributed by atoms with E-state index in [0.717, 1.165) is 5.56 Å². The lowest BCUT2D eigenvalue weighted by molar-refractivity contribution is 0.580. The topological polar surface area (TPSA) is 17.8 Å². The average Bonchev–Trinajstić information content (AvgIpc) is 2.57. The minimum atomic E-state index is -0.426. The van der Waals surface area contributed by atoms with Gasteiger partial charge in [-0.3, -0.25) is 0 Å². The van der Waals surface area contributed by atoms with Crippen molar-refractivity contribution in [1.29, 1.82) is 0 Å². The first-order valence-corrected chi connectivity index (χ1v) is 4.06. The molecule has 2 aromatic heterocycles. The van der Waals surface area contributed by atoms with Crippen LogP contribution in [-0.2, 0) is 6.54 Å². The van der Waals surface area contributed by atoms with Gasteiger partial charge in [-0.15, -0.1) is 0 Å². The van der Waals surface area contributed by atoms with Gasteiger partial charge in [0.2, 0.25) is 5.95 Å². The first-order chi connectivity index (χ1) is 6.34. The molecule has 66 valence electrons. The van der Waals surface area contributed by atoms with Crippen molar-refractivity contribution in [1.82, 2.24) is 9.55 Å². The summed E-state index contributed by atoms with van der Waals surface area (Å²) >= 11 is 0. The average molecular weight is 176 g/mol. The zero-order valence-electron chi connectivity index (χ0n) is 7.02. The van der Waals surface area contributed by atoms with Crippen molar-refractivity contribution in [3.8, 4) is 0 Å². The summed E-state index contributed by atoms with van der Waals surface area (Å²) in [5.41, 5.74) is 0.920. The van der Waals surface area contributed by atoms with Gasteiger partial charge in [-0.25, -0.2) is 4.98 Å². The lowest BCUT2D eigenvalue weighted by atomic mass is 10.3. The Kier molecular flexibility index (Phi) is 2.08. The van der Waals surface area contributed by atoms with Gasteiger partial charge in [-0.2, -0.15) is 4.39 Å². The van der Waals surface area contributed by atoms with Crippen LogP contribution in [0.4, 0.5) is 4.39 Å². The van der Waals surface area contributed by atoms with E-state index in [2.05, 4.69) is 4.98 Å². The molecule has 2 nitrogen and oxygen atoms in total. The maximum absolute atomic E-state index is 12.7. The summed E-state index contributed by atoms with van der Waals surface area (Å²) in [6.45, 7) is 0.687. The highest BCUT2D eigenvalue weighted by Gasteiger charge is 1.95. The number of hydrogen-bond donors (Lipinski definition) is 0. The Morgan fingerprint density at radius 2 is 2.08 bits per heavy atom. The number of rotatable bonds is 2. The van der Waals surface area contributed by atoms with E-state index >= 15 is 0 Å². The Balaban J connectivity index is 2.19. The molecule has 2 heterocycles. The highest BCUT2D eigenvalue weighted by molar-refractivity contribution is 5.11. The van der Waals surface area contributed by atoms with E-state index in [9.17, 15) is 4.39 Å². The molecule has 0 saturated heterocycles. The van der Waals surface area contributed by atoms with Gasteiger partial charge in [0, 0.05) is 25.1 Å². The first kappa shape index (κ1) is 7.98. The quantitative estimate of drug-likeness (QED) is 0.640. The van der Waals surface area contributed by atoms with Crippen LogP contribution in [0, 0.1) is 5.95 Å². The van der Waals surface area contributed by atoms with Crippen molar-refractivity contribution in [3.05, 3.63) is 54.4 Å². The molecule has 0 aliphatic heterocycles. The predicted molar refractivity (Wildman–Crippen MR) is 47.7 cm³/mol. The largest absolute Gasteiger partial charge is 0.350 e. The van der Waals surface area contributed by atoms with Gasteiger partial charge in [0.1, 0.15) is 0 Å². The molecule has 0 radical (unpaired) electrons. The maximum Gasteiger partial charge on any atom is 0.213 e. The third-order valence-electron chi connectivity index (χ3n) is 1.82. The first-order valence-electron chi connectivity index (χ1n) is 4.06. The van der Waals surface area contributed by atoms with Gasteiger partial charge in [0.25, 0.3) is 0 Å². The molecular formula is C10H9FN2. The fourth-order valence-electron chi connectivity index (χ4n) is 1.23. The normalized spacial score (nSPS) is 10.2. The van der Waals surface area contributed by atoms with Crippen molar-refractivity contribution in [2.75, 3.05) is 0 Å². The third-order valence-corrected chi connectivity index (χ3v) is 1.82. The van der Waals surface area contributed by atoms with Crippen LogP contribution in [0.3, 0.4) is 0 Å². The summed E-state index contributed by atoms with van der Waals surface area (Å²) in [5.74, 6) is -0.426. The number of pyridine rings is 1. The summed E-state index contributed by atoms with van der Waals surface area (Å²) in [6.07, 6.45) is 5.37. The van der Waals surface area contributed by atoms with E-state index < -0.39 is 5.95 Å². The summed E-state index contributed by atoms with van der Waals surface area (Å²) in [6, 6.07) is 7.14. The van der Waals surface area contributed by atoms with E-state index in [-0.39, 0.29) is 0 Å². The molecule has 2 aromatic rings. The van der Waals surface area contributed by atoms with Gasteiger partial charge in [0.15, 0.2) is 0 Å². The van der Waals surface area contributed by atoms with Crippen LogP contribution in [0.25, 0.3) is 0 Å². The second-order valence-corrected chi connectivity index (χ2v) is 2.84. The zero-order valence-corrected chi connectivity index (χ0v) is 7.02. The van der Waals surface area contributed by atoms with Gasteiger partial charge in [-0.05, 0) is 29.8 Å². The summed E-state index contributed by atoms with van der Waals surface area (Å²) < 4.78 is 14.7. The SMILES string of the molecule is Fc1cc(Cn2cccc2)ccn1. The standard InChI is InChI=1S/C10H9FN2/c11-10-7-9(3-4-12-10)8-13-5-1-2-6-13/h1-7H,8H2. The Bertz CT molecular complexity index is 382. The molecule has 0 atom stereocenters. The second kappa shape index (κ2) is 3.39. The van der Waals surface area contributed by atoms with Crippen molar-refractivity contribution >= 4 is 0 Å². The third kappa shape index (κ3) is 1.93. The lowest BCUT2D eigenvalue weighted by Crippen LogP contribution is -1.97. The fraction of sp³-hybridized carbons (Fsp3) is 0.100. The molecule has 2 rings (SSSR count). The van der Waals surface area contributed by atoms with E-state index in [0.29, 0.717) is 6.54 Å². The van der Waals surface area contributed by atoms with Gasteiger partial charge < -0.3 is 4.57 Å². The molecule has 0 bridgehead atoms. The van der Waals surface area contributed by atoms with Gasteiger partial charge in [0.05, 0.1) is 0 Å². The van der Waals surface area contributed by atoms with Crippen LogP contribution in [0.2, 0.25) is 0 Å². The molecule has 3 heteroatoms. The fourth-order valence-corrected chi connectivity index (χ4v) is 1.23. The molecule has 0 fully saturated rings. The second-order valence-electron chi connectivity index (χ2n) is 2.84. The molecule has 0 amide bonds. The molecule has 0 aliphatic rings. The number of halogens is 1. The van der Waals surface area contributed by atoms with Gasteiger partial charge >= 0.3 is 0 Å². The predicted octanol–water partition coefficient (Wildman–Crippen LogP) is 2.07. The Labute approximate surface area is 75.7 Å².